The number of halogens is 1. The third-order valence-electron chi connectivity index (χ3n) is 3.39. The molecule has 0 bridgehead atoms. The molecule has 3 aromatic rings. The molecule has 4 heteroatoms. The molecule has 0 spiro atoms. The zero-order valence-electron chi connectivity index (χ0n) is 12.0. The van der Waals surface area contributed by atoms with E-state index in [2.05, 4.69) is 25.1 Å². The summed E-state index contributed by atoms with van der Waals surface area (Å²) in [6.45, 7) is 0. The van der Waals surface area contributed by atoms with Crippen LogP contribution in [0.15, 0.2) is 57.7 Å². The van der Waals surface area contributed by atoms with Gasteiger partial charge in [-0.2, -0.15) is 0 Å². The second-order valence-electron chi connectivity index (χ2n) is 4.92. The number of hydrogen-bond acceptors (Lipinski definition) is 1. The van der Waals surface area contributed by atoms with Crippen LogP contribution in [-0.4, -0.2) is 4.57 Å². The Morgan fingerprint density at radius 2 is 1.86 bits per heavy atom. The van der Waals surface area contributed by atoms with Gasteiger partial charge in [-0.1, -0.05) is 28.1 Å². The van der Waals surface area contributed by atoms with Crippen LogP contribution in [0.2, 0.25) is 0 Å². The Hall–Kier alpha value is -2.07. The minimum absolute atomic E-state index is 0.842. The van der Waals surface area contributed by atoms with Gasteiger partial charge in [0.1, 0.15) is 23.9 Å². The average Bonchev–Trinajstić information content (AvgIpc) is 3.06. The normalized spacial score (nSPS) is 11.4. The van der Waals surface area contributed by atoms with Crippen LogP contribution in [0.4, 0.5) is 0 Å². The lowest BCUT2D eigenvalue weighted by atomic mass is 10.2. The van der Waals surface area contributed by atoms with Gasteiger partial charge in [-0.05, 0) is 30.3 Å². The van der Waals surface area contributed by atoms with E-state index in [0.29, 0.717) is 0 Å². The minimum Gasteiger partial charge on any atom is -0.457 e. The first kappa shape index (κ1) is 13.9. The summed E-state index contributed by atoms with van der Waals surface area (Å²) in [5, 5.41) is 0. The number of aromatic nitrogens is 2. The van der Waals surface area contributed by atoms with Gasteiger partial charge < -0.3 is 4.42 Å². The predicted octanol–water partition coefficient (Wildman–Crippen LogP) is 4.04. The van der Waals surface area contributed by atoms with Crippen LogP contribution in [0.3, 0.4) is 0 Å². The molecule has 2 heterocycles. The van der Waals surface area contributed by atoms with Gasteiger partial charge in [-0.25, -0.2) is 9.13 Å². The van der Waals surface area contributed by atoms with Gasteiger partial charge in [-0.3, -0.25) is 0 Å². The highest BCUT2D eigenvalue weighted by Crippen LogP contribution is 2.24. The van der Waals surface area contributed by atoms with E-state index in [4.69, 9.17) is 4.42 Å². The first-order valence-corrected chi connectivity index (χ1v) is 7.47. The number of aryl methyl sites for hydroxylation is 2. The number of benzene rings is 1. The Balaban J connectivity index is 1.84. The number of nitrogens with zero attached hydrogens (tertiary/aromatic N) is 2. The SMILES string of the molecule is Cn1cc[n+](C)c1/C=C/c1ccc(-c2ccc(Br)cc2)o1. The van der Waals surface area contributed by atoms with E-state index in [9.17, 15) is 0 Å². The Labute approximate surface area is 132 Å². The topological polar surface area (TPSA) is 21.9 Å². The lowest BCUT2D eigenvalue weighted by Gasteiger charge is -1.96. The molecule has 0 aliphatic carbocycles. The fraction of sp³-hybridized carbons (Fsp3) is 0.118. The van der Waals surface area contributed by atoms with Gasteiger partial charge in [0.25, 0.3) is 5.82 Å². The van der Waals surface area contributed by atoms with E-state index in [0.717, 1.165) is 27.4 Å². The number of furan rings is 1. The zero-order chi connectivity index (χ0) is 14.8. The van der Waals surface area contributed by atoms with Crippen molar-refractivity contribution in [2.24, 2.45) is 14.1 Å². The van der Waals surface area contributed by atoms with Crippen LogP contribution < -0.4 is 4.57 Å². The molecule has 0 saturated carbocycles. The van der Waals surface area contributed by atoms with Gasteiger partial charge in [0.2, 0.25) is 0 Å². The zero-order valence-corrected chi connectivity index (χ0v) is 13.5. The molecule has 0 aliphatic rings. The molecule has 21 heavy (non-hydrogen) atoms. The number of rotatable bonds is 3. The summed E-state index contributed by atoms with van der Waals surface area (Å²) in [5.41, 5.74) is 1.07. The first-order chi connectivity index (χ1) is 10.1. The van der Waals surface area contributed by atoms with E-state index < -0.39 is 0 Å². The summed E-state index contributed by atoms with van der Waals surface area (Å²) >= 11 is 3.44. The van der Waals surface area contributed by atoms with Crippen LogP contribution in [0, 0.1) is 0 Å². The highest BCUT2D eigenvalue weighted by molar-refractivity contribution is 9.10. The fourth-order valence-electron chi connectivity index (χ4n) is 2.21. The molecule has 3 nitrogen and oxygen atoms in total. The Morgan fingerprint density at radius 1 is 1.10 bits per heavy atom. The van der Waals surface area contributed by atoms with Crippen molar-refractivity contribution in [3.05, 3.63) is 64.8 Å². The van der Waals surface area contributed by atoms with Gasteiger partial charge >= 0.3 is 0 Å². The van der Waals surface area contributed by atoms with Crippen molar-refractivity contribution >= 4 is 28.1 Å². The standard InChI is InChI=1S/C17H16BrN2O/c1-19-11-12-20(2)17(19)10-8-15-7-9-16(21-15)13-3-5-14(18)6-4-13/h3-12H,1-2H3/q+1/b10-8+. The molecule has 3 rings (SSSR count). The lowest BCUT2D eigenvalue weighted by Crippen LogP contribution is -2.29. The molecule has 106 valence electrons. The maximum absolute atomic E-state index is 5.87. The van der Waals surface area contributed by atoms with Crippen LogP contribution in [0.25, 0.3) is 23.5 Å². The van der Waals surface area contributed by atoms with Crippen LogP contribution in [-0.2, 0) is 14.1 Å². The van der Waals surface area contributed by atoms with Crippen molar-refractivity contribution in [2.75, 3.05) is 0 Å². The summed E-state index contributed by atoms with van der Waals surface area (Å²) in [4.78, 5) is 0. The number of hydrogen-bond donors (Lipinski definition) is 0. The molecule has 1 aromatic carbocycles. The van der Waals surface area contributed by atoms with Crippen LogP contribution in [0.5, 0.6) is 0 Å². The van der Waals surface area contributed by atoms with Crippen molar-refractivity contribution in [1.29, 1.82) is 0 Å². The quantitative estimate of drug-likeness (QED) is 0.657. The third-order valence-corrected chi connectivity index (χ3v) is 3.92. The molecule has 0 unspecified atom stereocenters. The Kier molecular flexibility index (Phi) is 3.80. The highest BCUT2D eigenvalue weighted by Gasteiger charge is 2.07. The molecule has 0 amide bonds. The number of imidazole rings is 1. The second-order valence-corrected chi connectivity index (χ2v) is 5.84. The predicted molar refractivity (Wildman–Crippen MR) is 87.4 cm³/mol. The van der Waals surface area contributed by atoms with E-state index in [1.165, 1.54) is 0 Å². The Morgan fingerprint density at radius 3 is 2.52 bits per heavy atom. The molecule has 0 atom stereocenters. The van der Waals surface area contributed by atoms with Gasteiger partial charge in [0.15, 0.2) is 0 Å². The fourth-order valence-corrected chi connectivity index (χ4v) is 2.47. The molecular weight excluding hydrogens is 328 g/mol. The van der Waals surface area contributed by atoms with E-state index in [-0.39, 0.29) is 0 Å². The monoisotopic (exact) mass is 343 g/mol. The summed E-state index contributed by atoms with van der Waals surface area (Å²) in [6, 6.07) is 12.1. The molecule has 2 aromatic heterocycles. The Bertz CT molecular complexity index is 762. The van der Waals surface area contributed by atoms with Gasteiger partial charge in [-0.15, -0.1) is 0 Å². The van der Waals surface area contributed by atoms with Crippen LogP contribution in [0.1, 0.15) is 11.6 Å². The smallest absolute Gasteiger partial charge is 0.281 e. The molecular formula is C17H16BrN2O+. The van der Waals surface area contributed by atoms with E-state index >= 15 is 0 Å². The van der Waals surface area contributed by atoms with Crippen molar-refractivity contribution in [3.8, 4) is 11.3 Å². The van der Waals surface area contributed by atoms with Crippen LogP contribution >= 0.6 is 15.9 Å². The van der Waals surface area contributed by atoms with Crippen molar-refractivity contribution in [3.63, 3.8) is 0 Å². The largest absolute Gasteiger partial charge is 0.457 e. The second kappa shape index (κ2) is 5.74. The summed E-state index contributed by atoms with van der Waals surface area (Å²) in [7, 11) is 4.05. The average molecular weight is 344 g/mol. The molecule has 0 radical (unpaired) electrons. The first-order valence-electron chi connectivity index (χ1n) is 6.68. The summed E-state index contributed by atoms with van der Waals surface area (Å²) in [5.74, 6) is 2.82. The van der Waals surface area contributed by atoms with Gasteiger partial charge in [0, 0.05) is 16.1 Å². The van der Waals surface area contributed by atoms with Crippen molar-refractivity contribution in [2.45, 2.75) is 0 Å². The maximum atomic E-state index is 5.87. The van der Waals surface area contributed by atoms with E-state index in [1.807, 2.05) is 75.0 Å². The summed E-state index contributed by atoms with van der Waals surface area (Å²) in [6.07, 6.45) is 8.08. The lowest BCUT2D eigenvalue weighted by molar-refractivity contribution is -0.672. The highest BCUT2D eigenvalue weighted by atomic mass is 79.9. The molecule has 0 aliphatic heterocycles. The third kappa shape index (κ3) is 3.00. The van der Waals surface area contributed by atoms with E-state index in [1.54, 1.807) is 0 Å². The maximum Gasteiger partial charge on any atom is 0.281 e. The van der Waals surface area contributed by atoms with Crippen molar-refractivity contribution in [1.82, 2.24) is 4.57 Å². The molecule has 0 N–H and O–H groups in total. The summed E-state index contributed by atoms with van der Waals surface area (Å²) < 4.78 is 11.1. The minimum atomic E-state index is 0.842. The molecule has 0 saturated heterocycles. The molecule has 0 fully saturated rings. The van der Waals surface area contributed by atoms with Crippen molar-refractivity contribution < 1.29 is 8.98 Å². The van der Waals surface area contributed by atoms with Gasteiger partial charge in [0.05, 0.1) is 14.1 Å².